The molecule has 0 saturated heterocycles. The van der Waals surface area contributed by atoms with Crippen LogP contribution < -0.4 is 4.72 Å². The number of hydrogen-bond acceptors (Lipinski definition) is 4. The van der Waals surface area contributed by atoms with Gasteiger partial charge < -0.3 is 0 Å². The normalized spacial score (nSPS) is 11.4. The van der Waals surface area contributed by atoms with Crippen LogP contribution >= 0.6 is 34.8 Å². The van der Waals surface area contributed by atoms with E-state index in [4.69, 9.17) is 34.8 Å². The number of aromatic nitrogens is 2. The minimum atomic E-state index is -4.28. The number of aryl methyl sites for hydroxylation is 1. The molecule has 0 saturated carbocycles. The van der Waals surface area contributed by atoms with Crippen molar-refractivity contribution in [3.63, 3.8) is 0 Å². The lowest BCUT2D eigenvalue weighted by Crippen LogP contribution is -2.31. The Kier molecular flexibility index (Phi) is 5.48. The summed E-state index contributed by atoms with van der Waals surface area (Å²) in [6.45, 7) is 1.71. The molecule has 2 aromatic carbocycles. The van der Waals surface area contributed by atoms with E-state index in [0.29, 0.717) is 16.4 Å². The lowest BCUT2D eigenvalue weighted by molar-refractivity contribution is 0.0976. The molecule has 6 nitrogen and oxygen atoms in total. The largest absolute Gasteiger partial charge is 0.285 e. The number of carbonyl (C=O) groups is 1. The monoisotopic (exact) mass is 443 g/mol. The highest BCUT2D eigenvalue weighted by Crippen LogP contribution is 2.29. The number of nitrogens with one attached hydrogen (secondary N) is 1. The number of benzene rings is 2. The van der Waals surface area contributed by atoms with Crippen molar-refractivity contribution in [3.8, 4) is 5.69 Å². The van der Waals surface area contributed by atoms with Crippen molar-refractivity contribution in [1.29, 1.82) is 0 Å². The van der Waals surface area contributed by atoms with Crippen LogP contribution in [0.3, 0.4) is 0 Å². The molecule has 0 aliphatic carbocycles. The molecular formula is C17H12Cl3N3O3S. The first-order chi connectivity index (χ1) is 12.7. The Morgan fingerprint density at radius 3 is 2.22 bits per heavy atom. The number of amides is 1. The van der Waals surface area contributed by atoms with Gasteiger partial charge in [0.15, 0.2) is 5.69 Å². The van der Waals surface area contributed by atoms with Crippen molar-refractivity contribution in [1.82, 2.24) is 14.5 Å². The molecule has 3 rings (SSSR count). The summed E-state index contributed by atoms with van der Waals surface area (Å²) in [6.07, 6.45) is 0. The van der Waals surface area contributed by atoms with Gasteiger partial charge >= 0.3 is 0 Å². The molecule has 0 radical (unpaired) electrons. The first kappa shape index (κ1) is 19.7. The van der Waals surface area contributed by atoms with Crippen LogP contribution in [0.25, 0.3) is 5.69 Å². The fraction of sp³-hybridized carbons (Fsp3) is 0.0588. The average Bonchev–Trinajstić information content (AvgIpc) is 2.96. The summed E-state index contributed by atoms with van der Waals surface area (Å²) in [5, 5.41) is 4.40. The topological polar surface area (TPSA) is 81.1 Å². The quantitative estimate of drug-likeness (QED) is 0.652. The molecule has 1 heterocycles. The second-order valence-corrected chi connectivity index (χ2v) is 8.36. The third-order valence-electron chi connectivity index (χ3n) is 3.62. The van der Waals surface area contributed by atoms with Crippen molar-refractivity contribution < 1.29 is 13.2 Å². The Morgan fingerprint density at radius 1 is 1.00 bits per heavy atom. The van der Waals surface area contributed by atoms with E-state index in [1.807, 2.05) is 4.72 Å². The number of sulfonamides is 1. The summed E-state index contributed by atoms with van der Waals surface area (Å²) in [4.78, 5) is 12.1. The lowest BCUT2D eigenvalue weighted by atomic mass is 10.3. The third kappa shape index (κ3) is 3.96. The smallest absolute Gasteiger partial charge is 0.266 e. The fourth-order valence-corrected chi connectivity index (χ4v) is 4.74. The first-order valence-electron chi connectivity index (χ1n) is 7.53. The van der Waals surface area contributed by atoms with Crippen LogP contribution in [0.4, 0.5) is 0 Å². The van der Waals surface area contributed by atoms with Gasteiger partial charge in [0.05, 0.1) is 20.8 Å². The van der Waals surface area contributed by atoms with Crippen LogP contribution in [-0.4, -0.2) is 24.1 Å². The minimum absolute atomic E-state index is 0.0967. The zero-order chi connectivity index (χ0) is 19.8. The lowest BCUT2D eigenvalue weighted by Gasteiger charge is -2.09. The van der Waals surface area contributed by atoms with Gasteiger partial charge in [0.25, 0.3) is 15.9 Å². The summed E-state index contributed by atoms with van der Waals surface area (Å²) in [5.41, 5.74) is 1.06. The van der Waals surface area contributed by atoms with Gasteiger partial charge in [-0.15, -0.1) is 0 Å². The van der Waals surface area contributed by atoms with E-state index in [-0.39, 0.29) is 20.6 Å². The number of para-hydroxylation sites is 1. The maximum absolute atomic E-state index is 12.5. The predicted octanol–water partition coefficient (Wildman–Crippen LogP) is 4.26. The Labute approximate surface area is 170 Å². The van der Waals surface area contributed by atoms with Gasteiger partial charge in [-0.25, -0.2) is 17.8 Å². The maximum atomic E-state index is 12.5. The summed E-state index contributed by atoms with van der Waals surface area (Å²) in [5.74, 6) is -0.917. The third-order valence-corrected chi connectivity index (χ3v) is 6.22. The Morgan fingerprint density at radius 2 is 1.59 bits per heavy atom. The van der Waals surface area contributed by atoms with Gasteiger partial charge in [0.2, 0.25) is 0 Å². The average molecular weight is 445 g/mol. The molecule has 0 unspecified atom stereocenters. The van der Waals surface area contributed by atoms with Gasteiger partial charge in [-0.05, 0) is 37.3 Å². The van der Waals surface area contributed by atoms with E-state index in [1.54, 1.807) is 31.2 Å². The molecule has 140 valence electrons. The highest BCUT2D eigenvalue weighted by molar-refractivity contribution is 7.90. The van der Waals surface area contributed by atoms with E-state index in [0.717, 1.165) is 0 Å². The van der Waals surface area contributed by atoms with E-state index >= 15 is 0 Å². The highest BCUT2D eigenvalue weighted by Gasteiger charge is 2.26. The number of halogens is 3. The van der Waals surface area contributed by atoms with Gasteiger partial charge in [0.1, 0.15) is 4.90 Å². The van der Waals surface area contributed by atoms with E-state index in [2.05, 4.69) is 5.10 Å². The molecule has 0 aliphatic rings. The van der Waals surface area contributed by atoms with Gasteiger partial charge in [0, 0.05) is 5.69 Å². The first-order valence-corrected chi connectivity index (χ1v) is 10.1. The van der Waals surface area contributed by atoms with Gasteiger partial charge in [-0.1, -0.05) is 53.0 Å². The summed E-state index contributed by atoms with van der Waals surface area (Å²) >= 11 is 18.0. The molecular weight excluding hydrogens is 433 g/mol. The molecule has 10 heteroatoms. The highest BCUT2D eigenvalue weighted by atomic mass is 35.5. The second kappa shape index (κ2) is 7.52. The molecule has 0 aliphatic heterocycles. The molecule has 0 atom stereocenters. The van der Waals surface area contributed by atoms with E-state index in [9.17, 15) is 13.2 Å². The fourth-order valence-electron chi connectivity index (χ4n) is 2.42. The van der Waals surface area contributed by atoms with E-state index < -0.39 is 15.9 Å². The van der Waals surface area contributed by atoms with Crippen LogP contribution in [0.1, 0.15) is 16.2 Å². The Balaban J connectivity index is 1.94. The summed E-state index contributed by atoms with van der Waals surface area (Å²) < 4.78 is 28.4. The van der Waals surface area contributed by atoms with Crippen molar-refractivity contribution >= 4 is 50.7 Å². The van der Waals surface area contributed by atoms with Crippen LogP contribution in [0, 0.1) is 6.92 Å². The molecule has 0 fully saturated rings. The Bertz CT molecular complexity index is 1120. The van der Waals surface area contributed by atoms with Crippen LogP contribution in [0.2, 0.25) is 15.1 Å². The van der Waals surface area contributed by atoms with Gasteiger partial charge in [-0.3, -0.25) is 4.79 Å². The zero-order valence-corrected chi connectivity index (χ0v) is 16.9. The molecule has 1 amide bonds. The second-order valence-electron chi connectivity index (χ2n) is 5.52. The standard InChI is InChI=1S/C17H12Cl3N3O3S/c1-10-9-14(21-23(10)15-8-3-2-5-11(15)18)17(24)22-27(25,26)16-12(19)6-4-7-13(16)20/h2-9H,1H3,(H,22,24). The zero-order valence-electron chi connectivity index (χ0n) is 13.8. The Hall–Kier alpha value is -2.06. The van der Waals surface area contributed by atoms with Crippen LogP contribution in [0.5, 0.6) is 0 Å². The number of hydrogen-bond donors (Lipinski definition) is 1. The molecule has 0 bridgehead atoms. The van der Waals surface area contributed by atoms with Crippen molar-refractivity contribution in [2.75, 3.05) is 0 Å². The van der Waals surface area contributed by atoms with Crippen LogP contribution in [-0.2, 0) is 10.0 Å². The molecule has 3 aromatic rings. The maximum Gasteiger partial charge on any atom is 0.285 e. The molecule has 1 aromatic heterocycles. The minimum Gasteiger partial charge on any atom is -0.266 e. The van der Waals surface area contributed by atoms with Crippen LogP contribution in [0.15, 0.2) is 53.4 Å². The number of rotatable bonds is 4. The predicted molar refractivity (Wildman–Crippen MR) is 104 cm³/mol. The summed E-state index contributed by atoms with van der Waals surface area (Å²) in [6, 6.07) is 12.6. The van der Waals surface area contributed by atoms with E-state index in [1.165, 1.54) is 28.9 Å². The SMILES string of the molecule is Cc1cc(C(=O)NS(=O)(=O)c2c(Cl)cccc2Cl)nn1-c1ccccc1Cl. The number of carbonyl (C=O) groups excluding carboxylic acids is 1. The molecule has 27 heavy (non-hydrogen) atoms. The van der Waals surface area contributed by atoms with Crippen molar-refractivity contribution in [3.05, 3.63) is 75.0 Å². The molecule has 0 spiro atoms. The summed E-state index contributed by atoms with van der Waals surface area (Å²) in [7, 11) is -4.28. The molecule has 1 N–H and O–H groups in total. The van der Waals surface area contributed by atoms with Crippen molar-refractivity contribution in [2.24, 2.45) is 0 Å². The van der Waals surface area contributed by atoms with Crippen molar-refractivity contribution in [2.45, 2.75) is 11.8 Å². The number of nitrogens with zero attached hydrogens (tertiary/aromatic N) is 2. The van der Waals surface area contributed by atoms with Gasteiger partial charge in [-0.2, -0.15) is 5.10 Å².